The third kappa shape index (κ3) is 13.0. The summed E-state index contributed by atoms with van der Waals surface area (Å²) in [7, 11) is 0. The monoisotopic (exact) mass is 525 g/mol. The van der Waals surface area contributed by atoms with Crippen molar-refractivity contribution in [1.29, 1.82) is 0 Å². The molecule has 0 fully saturated rings. The maximum atomic E-state index is 13.0. The normalized spacial score (nSPS) is 11.6. The van der Waals surface area contributed by atoms with Crippen LogP contribution in [0.1, 0.15) is 103 Å². The molecule has 0 aliphatic rings. The maximum Gasteiger partial charge on any atom is 0.313 e. The molecule has 0 atom stereocenters. The van der Waals surface area contributed by atoms with Gasteiger partial charge in [0.25, 0.3) is 0 Å². The molecule has 0 radical (unpaired) electrons. The highest BCUT2D eigenvalue weighted by atomic mass is 32.2. The summed E-state index contributed by atoms with van der Waals surface area (Å²) in [5, 5.41) is 19.9. The van der Waals surface area contributed by atoms with Crippen LogP contribution in [-0.4, -0.2) is 51.6 Å². The number of carbonyl (C=O) groups is 2. The van der Waals surface area contributed by atoms with Crippen molar-refractivity contribution >= 4 is 35.4 Å². The Morgan fingerprint density at radius 2 is 1.43 bits per heavy atom. The summed E-state index contributed by atoms with van der Waals surface area (Å²) in [6.45, 7) is 12.3. The number of aromatic hydroxyl groups is 1. The molecule has 0 aliphatic heterocycles. The van der Waals surface area contributed by atoms with Gasteiger partial charge in [0.2, 0.25) is 5.91 Å². The molecule has 35 heavy (non-hydrogen) atoms. The Morgan fingerprint density at radius 1 is 0.857 bits per heavy atom. The second-order valence-corrected chi connectivity index (χ2v) is 12.3. The van der Waals surface area contributed by atoms with Crippen LogP contribution < -0.4 is 0 Å². The summed E-state index contributed by atoms with van der Waals surface area (Å²) in [6, 6.07) is 3.95. The van der Waals surface area contributed by atoms with Crippen molar-refractivity contribution < 1.29 is 19.8 Å². The molecule has 0 spiro atoms. The zero-order valence-corrected chi connectivity index (χ0v) is 24.2. The van der Waals surface area contributed by atoms with E-state index >= 15 is 0 Å². The molecule has 1 aromatic carbocycles. The van der Waals surface area contributed by atoms with E-state index in [2.05, 4.69) is 34.6 Å². The number of thioether (sulfide) groups is 2. The molecule has 1 aromatic rings. The lowest BCUT2D eigenvalue weighted by molar-refractivity contribution is -0.134. The Balaban J connectivity index is 2.82. The van der Waals surface area contributed by atoms with Gasteiger partial charge in [-0.15, -0.1) is 23.5 Å². The largest absolute Gasteiger partial charge is 0.507 e. The summed E-state index contributed by atoms with van der Waals surface area (Å²) in [4.78, 5) is 26.0. The number of carboxylic acid groups (broad SMARTS) is 1. The number of rotatable bonds is 18. The number of benzene rings is 1. The Labute approximate surface area is 221 Å². The van der Waals surface area contributed by atoms with Gasteiger partial charge in [0.05, 0.1) is 11.5 Å². The zero-order chi connectivity index (χ0) is 26.3. The molecule has 0 saturated heterocycles. The smallest absolute Gasteiger partial charge is 0.313 e. The molecule has 1 amide bonds. The van der Waals surface area contributed by atoms with E-state index in [1.807, 2.05) is 17.0 Å². The Hall–Kier alpha value is -1.34. The maximum absolute atomic E-state index is 13.0. The summed E-state index contributed by atoms with van der Waals surface area (Å²) < 4.78 is 0. The van der Waals surface area contributed by atoms with Gasteiger partial charge in [0, 0.05) is 30.2 Å². The highest BCUT2D eigenvalue weighted by Gasteiger charge is 2.22. The average Bonchev–Trinajstić information content (AvgIpc) is 2.78. The number of nitrogens with zero attached hydrogens (tertiary/aromatic N) is 1. The van der Waals surface area contributed by atoms with Crippen molar-refractivity contribution in [3.05, 3.63) is 28.8 Å². The fraction of sp³-hybridized carbons (Fsp3) is 0.714. The first-order valence-corrected chi connectivity index (χ1v) is 15.4. The van der Waals surface area contributed by atoms with E-state index in [0.29, 0.717) is 23.0 Å². The van der Waals surface area contributed by atoms with E-state index in [9.17, 15) is 14.7 Å². The number of unbranched alkanes of at least 4 members (excludes halogenated alkanes) is 6. The third-order valence-corrected chi connectivity index (χ3v) is 7.90. The molecule has 0 bridgehead atoms. The van der Waals surface area contributed by atoms with E-state index in [-0.39, 0.29) is 17.1 Å². The minimum atomic E-state index is -0.826. The van der Waals surface area contributed by atoms with Crippen LogP contribution in [0, 0.1) is 0 Å². The molecular formula is C28H47NO4S2. The van der Waals surface area contributed by atoms with Crippen LogP contribution >= 0.6 is 23.5 Å². The Bertz CT molecular complexity index is 765. The Morgan fingerprint density at radius 3 is 1.94 bits per heavy atom. The van der Waals surface area contributed by atoms with Crippen molar-refractivity contribution in [1.82, 2.24) is 4.90 Å². The Kier molecular flexibility index (Phi) is 15.5. The summed E-state index contributed by atoms with van der Waals surface area (Å²) >= 11 is 2.90. The van der Waals surface area contributed by atoms with Gasteiger partial charge in [-0.3, -0.25) is 9.59 Å². The molecule has 0 saturated carbocycles. The van der Waals surface area contributed by atoms with Crippen LogP contribution in [-0.2, 0) is 26.5 Å². The van der Waals surface area contributed by atoms with Crippen LogP contribution in [0.3, 0.4) is 0 Å². The van der Waals surface area contributed by atoms with Gasteiger partial charge in [0.1, 0.15) is 5.75 Å². The lowest BCUT2D eigenvalue weighted by Gasteiger charge is -2.24. The first kappa shape index (κ1) is 31.7. The fourth-order valence-electron chi connectivity index (χ4n) is 3.94. The first-order chi connectivity index (χ1) is 16.6. The predicted octanol–water partition coefficient (Wildman–Crippen LogP) is 7.23. The quantitative estimate of drug-likeness (QED) is 0.197. The second-order valence-electron chi connectivity index (χ2n) is 10.3. The first-order valence-electron chi connectivity index (χ1n) is 13.1. The van der Waals surface area contributed by atoms with Crippen LogP contribution in [0.5, 0.6) is 5.75 Å². The molecule has 1 rings (SSSR count). The number of carboxylic acids is 1. The predicted molar refractivity (Wildman–Crippen MR) is 152 cm³/mol. The molecule has 200 valence electrons. The number of aliphatic carboxylic acids is 1. The van der Waals surface area contributed by atoms with E-state index in [1.54, 1.807) is 11.8 Å². The lowest BCUT2D eigenvalue weighted by atomic mass is 9.84. The van der Waals surface area contributed by atoms with Gasteiger partial charge >= 0.3 is 5.97 Å². The minimum Gasteiger partial charge on any atom is -0.507 e. The number of carbonyl (C=O) groups excluding carboxylic acids is 1. The van der Waals surface area contributed by atoms with Crippen LogP contribution in [0.4, 0.5) is 0 Å². The molecule has 0 aromatic heterocycles. The summed E-state index contributed by atoms with van der Waals surface area (Å²) in [6.07, 6.45) is 9.25. The van der Waals surface area contributed by atoms with Crippen molar-refractivity contribution in [2.45, 2.75) is 103 Å². The van der Waals surface area contributed by atoms with Gasteiger partial charge < -0.3 is 15.1 Å². The van der Waals surface area contributed by atoms with E-state index < -0.39 is 5.97 Å². The highest BCUT2D eigenvalue weighted by Crippen LogP contribution is 2.37. The lowest BCUT2D eigenvalue weighted by Crippen LogP contribution is -2.34. The topological polar surface area (TPSA) is 77.8 Å². The van der Waals surface area contributed by atoms with Gasteiger partial charge in [-0.25, -0.2) is 0 Å². The van der Waals surface area contributed by atoms with Crippen molar-refractivity contribution in [3.8, 4) is 5.75 Å². The van der Waals surface area contributed by atoms with Crippen LogP contribution in [0.2, 0.25) is 0 Å². The minimum absolute atomic E-state index is 0.0522. The standard InChI is InChI=1S/C28H47NO4S2/c1-6-8-10-12-14-29(15-13-11-9-7-2)25(30)20-35-19-23-16-22(18-34-21-26(31)32)17-24(27(23)33)28(3,4)5/h16-17,33H,6-15,18-21H2,1-5H3,(H,31,32). The van der Waals surface area contributed by atoms with E-state index in [0.717, 1.165) is 42.6 Å². The van der Waals surface area contributed by atoms with E-state index in [1.165, 1.54) is 50.3 Å². The summed E-state index contributed by atoms with van der Waals surface area (Å²) in [5.74, 6) is 1.24. The molecule has 0 unspecified atom stereocenters. The number of hydrogen-bond acceptors (Lipinski definition) is 5. The average molecular weight is 526 g/mol. The van der Waals surface area contributed by atoms with Gasteiger partial charge in [-0.05, 0) is 29.4 Å². The van der Waals surface area contributed by atoms with Gasteiger partial charge in [-0.2, -0.15) is 0 Å². The van der Waals surface area contributed by atoms with Crippen molar-refractivity contribution in [2.75, 3.05) is 24.6 Å². The molecule has 7 heteroatoms. The SMILES string of the molecule is CCCCCCN(CCCCCC)C(=O)CSCc1cc(CSCC(=O)O)cc(C(C)(C)C)c1O. The highest BCUT2D eigenvalue weighted by molar-refractivity contribution is 7.99. The molecular weight excluding hydrogens is 478 g/mol. The number of hydrogen-bond donors (Lipinski definition) is 2. The molecule has 0 heterocycles. The third-order valence-electron chi connectivity index (χ3n) is 5.95. The van der Waals surface area contributed by atoms with Crippen LogP contribution in [0.15, 0.2) is 12.1 Å². The van der Waals surface area contributed by atoms with Crippen molar-refractivity contribution in [2.24, 2.45) is 0 Å². The fourth-order valence-corrected chi connectivity index (χ4v) is 5.52. The molecule has 5 nitrogen and oxygen atoms in total. The van der Waals surface area contributed by atoms with Gasteiger partial charge in [-0.1, -0.05) is 85.3 Å². The van der Waals surface area contributed by atoms with Gasteiger partial charge in [0.15, 0.2) is 0 Å². The molecule has 2 N–H and O–H groups in total. The number of phenolic OH excluding ortho intramolecular Hbond substituents is 1. The second kappa shape index (κ2) is 17.2. The van der Waals surface area contributed by atoms with E-state index in [4.69, 9.17) is 5.11 Å². The number of phenols is 1. The van der Waals surface area contributed by atoms with Crippen molar-refractivity contribution in [3.63, 3.8) is 0 Å². The van der Waals surface area contributed by atoms with Crippen LogP contribution in [0.25, 0.3) is 0 Å². The summed E-state index contributed by atoms with van der Waals surface area (Å²) in [5.41, 5.74) is 2.45. The zero-order valence-electron chi connectivity index (χ0n) is 22.5. The number of amides is 1. The molecule has 0 aliphatic carbocycles.